The van der Waals surface area contributed by atoms with Gasteiger partial charge in [0.15, 0.2) is 5.82 Å². The van der Waals surface area contributed by atoms with E-state index in [1.54, 1.807) is 17.9 Å². The molecule has 28 heavy (non-hydrogen) atoms. The number of benzene rings is 1. The van der Waals surface area contributed by atoms with Gasteiger partial charge in [0.2, 0.25) is 5.91 Å². The molecule has 0 radical (unpaired) electrons. The summed E-state index contributed by atoms with van der Waals surface area (Å²) in [5.41, 5.74) is 1.74. The first-order valence-corrected chi connectivity index (χ1v) is 9.34. The summed E-state index contributed by atoms with van der Waals surface area (Å²) >= 11 is 0. The van der Waals surface area contributed by atoms with E-state index < -0.39 is 0 Å². The monoisotopic (exact) mass is 386 g/mol. The third-order valence-electron chi connectivity index (χ3n) is 4.33. The topological polar surface area (TPSA) is 78.7 Å². The summed E-state index contributed by atoms with van der Waals surface area (Å²) < 4.78 is 4.95. The Balaban J connectivity index is 2.12. The molecule has 0 saturated heterocycles. The van der Waals surface area contributed by atoms with Gasteiger partial charge in [0.1, 0.15) is 12.3 Å². The molecule has 0 aliphatic heterocycles. The zero-order valence-electron chi connectivity index (χ0n) is 17.6. The van der Waals surface area contributed by atoms with Crippen LogP contribution in [-0.4, -0.2) is 60.5 Å². The zero-order chi connectivity index (χ0) is 20.9. The van der Waals surface area contributed by atoms with E-state index in [2.05, 4.69) is 31.2 Å². The number of likely N-dealkylation sites (N-methyl/N-ethyl adjacent to an activating group) is 1. The van der Waals surface area contributed by atoms with Crippen molar-refractivity contribution in [3.05, 3.63) is 47.2 Å². The molecule has 7 heteroatoms. The van der Waals surface area contributed by atoms with Crippen LogP contribution in [0.3, 0.4) is 0 Å². The number of nitrogens with zero attached hydrogens (tertiary/aromatic N) is 3. The van der Waals surface area contributed by atoms with Crippen LogP contribution in [0.25, 0.3) is 0 Å². The van der Waals surface area contributed by atoms with Crippen molar-refractivity contribution in [3.8, 4) is 0 Å². The van der Waals surface area contributed by atoms with Gasteiger partial charge in [0.05, 0.1) is 0 Å². The molecule has 0 spiro atoms. The molecule has 0 saturated carbocycles. The van der Waals surface area contributed by atoms with Gasteiger partial charge < -0.3 is 19.6 Å². The van der Waals surface area contributed by atoms with Crippen molar-refractivity contribution in [1.29, 1.82) is 0 Å². The summed E-state index contributed by atoms with van der Waals surface area (Å²) in [7, 11) is 3.86. The van der Waals surface area contributed by atoms with Crippen LogP contribution >= 0.6 is 0 Å². The molecule has 0 aliphatic carbocycles. The highest BCUT2D eigenvalue weighted by Crippen LogP contribution is 2.22. The van der Waals surface area contributed by atoms with Crippen LogP contribution in [0.4, 0.5) is 5.82 Å². The summed E-state index contributed by atoms with van der Waals surface area (Å²) in [6.45, 7) is 9.17. The van der Waals surface area contributed by atoms with Crippen LogP contribution in [0.15, 0.2) is 34.9 Å². The van der Waals surface area contributed by atoms with Crippen molar-refractivity contribution < 1.29 is 14.1 Å². The molecule has 7 nitrogen and oxygen atoms in total. The summed E-state index contributed by atoms with van der Waals surface area (Å²) in [5, 5.41) is 6.42. The first-order chi connectivity index (χ1) is 13.1. The summed E-state index contributed by atoms with van der Waals surface area (Å²) in [4.78, 5) is 28.9. The molecule has 1 aromatic heterocycles. The molecule has 2 rings (SSSR count). The largest absolute Gasteiger partial charge is 0.360 e. The Bertz CT molecular complexity index is 804. The fourth-order valence-electron chi connectivity index (χ4n) is 2.65. The molecule has 1 aromatic carbocycles. The average Bonchev–Trinajstić information content (AvgIpc) is 3.01. The number of aromatic nitrogens is 1. The Labute approximate surface area is 166 Å². The summed E-state index contributed by atoms with van der Waals surface area (Å²) in [6.07, 6.45) is 0. The number of aryl methyl sites for hydroxylation is 1. The van der Waals surface area contributed by atoms with Crippen molar-refractivity contribution in [2.24, 2.45) is 0 Å². The molecule has 1 N–H and O–H groups in total. The molecule has 0 atom stereocenters. The van der Waals surface area contributed by atoms with Crippen molar-refractivity contribution in [1.82, 2.24) is 15.0 Å². The van der Waals surface area contributed by atoms with Crippen LogP contribution in [-0.2, 0) is 10.2 Å². The Kier molecular flexibility index (Phi) is 6.96. The maximum absolute atomic E-state index is 13.0. The van der Waals surface area contributed by atoms with E-state index in [0.29, 0.717) is 30.2 Å². The Hall–Kier alpha value is -2.67. The van der Waals surface area contributed by atoms with Crippen LogP contribution < -0.4 is 5.32 Å². The highest BCUT2D eigenvalue weighted by molar-refractivity contribution is 5.99. The number of carbonyl (C=O) groups excluding carboxylic acids is 2. The number of hydrogen-bond acceptors (Lipinski definition) is 5. The van der Waals surface area contributed by atoms with E-state index in [4.69, 9.17) is 4.52 Å². The van der Waals surface area contributed by atoms with Crippen molar-refractivity contribution in [2.75, 3.05) is 39.0 Å². The predicted molar refractivity (Wildman–Crippen MR) is 109 cm³/mol. The van der Waals surface area contributed by atoms with Crippen molar-refractivity contribution in [3.63, 3.8) is 0 Å². The molecule has 2 amide bonds. The SMILES string of the molecule is Cc1cc(NC(=O)CN(CCN(C)C)C(=O)c2ccc(C(C)(C)C)cc2)no1. The molecular formula is C21H30N4O3. The highest BCUT2D eigenvalue weighted by Gasteiger charge is 2.21. The van der Waals surface area contributed by atoms with E-state index in [1.807, 2.05) is 43.3 Å². The minimum Gasteiger partial charge on any atom is -0.360 e. The highest BCUT2D eigenvalue weighted by atomic mass is 16.5. The van der Waals surface area contributed by atoms with Gasteiger partial charge in [0.25, 0.3) is 5.91 Å². The van der Waals surface area contributed by atoms with Gasteiger partial charge in [0, 0.05) is 24.7 Å². The maximum Gasteiger partial charge on any atom is 0.254 e. The minimum atomic E-state index is -0.313. The Morgan fingerprint density at radius 2 is 1.75 bits per heavy atom. The standard InChI is InChI=1S/C21H30N4O3/c1-15-13-18(23-28-15)22-19(26)14-25(12-11-24(5)6)20(27)16-7-9-17(10-8-16)21(2,3)4/h7-10,13H,11-12,14H2,1-6H3,(H,22,23,26). The molecule has 0 unspecified atom stereocenters. The molecular weight excluding hydrogens is 356 g/mol. The Morgan fingerprint density at radius 1 is 1.11 bits per heavy atom. The Morgan fingerprint density at radius 3 is 2.25 bits per heavy atom. The van der Waals surface area contributed by atoms with Crippen LogP contribution in [0.1, 0.15) is 42.5 Å². The predicted octanol–water partition coefficient (Wildman–Crippen LogP) is 2.92. The number of hydrogen-bond donors (Lipinski definition) is 1. The normalized spacial score (nSPS) is 11.5. The molecule has 0 aliphatic rings. The fraction of sp³-hybridized carbons (Fsp3) is 0.476. The van der Waals surface area contributed by atoms with Gasteiger partial charge in [-0.1, -0.05) is 38.1 Å². The lowest BCUT2D eigenvalue weighted by atomic mass is 9.86. The number of rotatable bonds is 7. The smallest absolute Gasteiger partial charge is 0.254 e. The third kappa shape index (κ3) is 6.20. The number of amides is 2. The van der Waals surface area contributed by atoms with Gasteiger partial charge in [-0.25, -0.2) is 0 Å². The summed E-state index contributed by atoms with van der Waals surface area (Å²) in [6, 6.07) is 9.22. The first kappa shape index (κ1) is 21.6. The molecule has 2 aromatic rings. The van der Waals surface area contributed by atoms with Crippen molar-refractivity contribution in [2.45, 2.75) is 33.1 Å². The average molecular weight is 386 g/mol. The van der Waals surface area contributed by atoms with Crippen LogP contribution in [0.2, 0.25) is 0 Å². The van der Waals surface area contributed by atoms with Gasteiger partial charge in [-0.05, 0) is 44.1 Å². The molecule has 0 fully saturated rings. The molecule has 0 bridgehead atoms. The minimum absolute atomic E-state index is 0.0157. The number of carbonyl (C=O) groups is 2. The van der Waals surface area contributed by atoms with Gasteiger partial charge >= 0.3 is 0 Å². The second-order valence-electron chi connectivity index (χ2n) is 8.23. The first-order valence-electron chi connectivity index (χ1n) is 9.34. The third-order valence-corrected chi connectivity index (χ3v) is 4.33. The second-order valence-corrected chi connectivity index (χ2v) is 8.23. The lowest BCUT2D eigenvalue weighted by Crippen LogP contribution is -2.41. The van der Waals surface area contributed by atoms with Crippen LogP contribution in [0, 0.1) is 6.92 Å². The van der Waals surface area contributed by atoms with Crippen LogP contribution in [0.5, 0.6) is 0 Å². The number of anilines is 1. The lowest BCUT2D eigenvalue weighted by Gasteiger charge is -2.24. The quantitative estimate of drug-likeness (QED) is 0.792. The molecule has 1 heterocycles. The van der Waals surface area contributed by atoms with E-state index in [1.165, 1.54) is 0 Å². The summed E-state index contributed by atoms with van der Waals surface area (Å²) in [5.74, 6) is 0.465. The molecule has 152 valence electrons. The fourth-order valence-corrected chi connectivity index (χ4v) is 2.65. The van der Waals surface area contributed by atoms with E-state index in [0.717, 1.165) is 5.56 Å². The van der Waals surface area contributed by atoms with Gasteiger partial charge in [-0.3, -0.25) is 9.59 Å². The van der Waals surface area contributed by atoms with Gasteiger partial charge in [-0.15, -0.1) is 0 Å². The van der Waals surface area contributed by atoms with E-state index in [-0.39, 0.29) is 23.8 Å². The lowest BCUT2D eigenvalue weighted by molar-refractivity contribution is -0.117. The van der Waals surface area contributed by atoms with Crippen molar-refractivity contribution >= 4 is 17.6 Å². The van der Waals surface area contributed by atoms with E-state index >= 15 is 0 Å². The van der Waals surface area contributed by atoms with E-state index in [9.17, 15) is 9.59 Å². The second kappa shape index (κ2) is 9.01. The number of nitrogens with one attached hydrogen (secondary N) is 1. The zero-order valence-corrected chi connectivity index (χ0v) is 17.6. The maximum atomic E-state index is 13.0. The van der Waals surface area contributed by atoms with Gasteiger partial charge in [-0.2, -0.15) is 0 Å².